The monoisotopic (exact) mass is 181 g/mol. The molecule has 0 aromatic carbocycles. The van der Waals surface area contributed by atoms with Crippen LogP contribution in [0.5, 0.6) is 0 Å². The van der Waals surface area contributed by atoms with Gasteiger partial charge in [0.2, 0.25) is 0 Å². The molecule has 0 saturated carbocycles. The van der Waals surface area contributed by atoms with Crippen LogP contribution in [0.3, 0.4) is 0 Å². The van der Waals surface area contributed by atoms with Crippen molar-refractivity contribution in [1.29, 1.82) is 0 Å². The topological polar surface area (TPSA) is 51.8 Å². The van der Waals surface area contributed by atoms with E-state index in [0.29, 0.717) is 23.7 Å². The lowest BCUT2D eigenvalue weighted by atomic mass is 10.3. The number of hydrogen-bond donors (Lipinski definition) is 1. The fourth-order valence-corrected chi connectivity index (χ4v) is 0.768. The van der Waals surface area contributed by atoms with Gasteiger partial charge in [0.1, 0.15) is 11.5 Å². The summed E-state index contributed by atoms with van der Waals surface area (Å²) >= 11 is 5.72. The number of nitrogens with zero attached hydrogens (tertiary/aromatic N) is 2. The Morgan fingerprint density at radius 1 is 1.58 bits per heavy atom. The lowest BCUT2D eigenvalue weighted by Gasteiger charge is -1.90. The van der Waals surface area contributed by atoms with Gasteiger partial charge in [-0.25, -0.2) is 9.97 Å². The summed E-state index contributed by atoms with van der Waals surface area (Å²) in [7, 11) is 0. The maximum absolute atomic E-state index is 5.72. The number of hydrogen-bond acceptors (Lipinski definition) is 3. The van der Waals surface area contributed by atoms with Gasteiger partial charge in [-0.1, -0.05) is 23.4 Å². The molecule has 0 amide bonds. The minimum atomic E-state index is 0.384. The second-order valence-corrected chi connectivity index (χ2v) is 2.43. The molecule has 4 heteroatoms. The quantitative estimate of drug-likeness (QED) is 0.516. The first-order valence-electron chi connectivity index (χ1n) is 3.49. The minimum Gasteiger partial charge on any atom is -0.330 e. The van der Waals surface area contributed by atoms with E-state index >= 15 is 0 Å². The Hall–Kier alpha value is -1.11. The van der Waals surface area contributed by atoms with Crippen molar-refractivity contribution in [3.05, 3.63) is 23.2 Å². The first-order chi connectivity index (χ1) is 5.84. The van der Waals surface area contributed by atoms with Crippen molar-refractivity contribution in [2.75, 3.05) is 6.54 Å². The summed E-state index contributed by atoms with van der Waals surface area (Å²) in [6, 6.07) is 0. The Bertz CT molecular complexity index is 314. The third-order valence-corrected chi connectivity index (χ3v) is 1.46. The number of aromatic nitrogens is 2. The lowest BCUT2D eigenvalue weighted by Crippen LogP contribution is -1.95. The fraction of sp³-hybridized carbons (Fsp3) is 0.250. The first-order valence-corrected chi connectivity index (χ1v) is 3.87. The molecule has 3 nitrogen and oxygen atoms in total. The smallest absolute Gasteiger partial charge is 0.148 e. The van der Waals surface area contributed by atoms with Crippen molar-refractivity contribution in [1.82, 2.24) is 9.97 Å². The predicted molar refractivity (Wildman–Crippen MR) is 47.6 cm³/mol. The molecule has 0 atom stereocenters. The third kappa shape index (κ3) is 2.50. The molecule has 0 aliphatic carbocycles. The van der Waals surface area contributed by atoms with Crippen LogP contribution >= 0.6 is 11.6 Å². The lowest BCUT2D eigenvalue weighted by molar-refractivity contribution is 1.03. The summed E-state index contributed by atoms with van der Waals surface area (Å²) in [6.45, 7) is 0.554. The van der Waals surface area contributed by atoms with Gasteiger partial charge in [-0.3, -0.25) is 0 Å². The largest absolute Gasteiger partial charge is 0.330 e. The Kier molecular flexibility index (Phi) is 3.52. The van der Waals surface area contributed by atoms with Crippen LogP contribution in [0.25, 0.3) is 0 Å². The average Bonchev–Trinajstić information content (AvgIpc) is 2.09. The number of halogens is 1. The Morgan fingerprint density at radius 3 is 3.08 bits per heavy atom. The SMILES string of the molecule is NCCC#Cc1cncnc1Cl. The van der Waals surface area contributed by atoms with Crippen molar-refractivity contribution in [3.8, 4) is 11.8 Å². The molecule has 1 heterocycles. The van der Waals surface area contributed by atoms with Gasteiger partial charge in [0, 0.05) is 19.2 Å². The molecular weight excluding hydrogens is 174 g/mol. The summed E-state index contributed by atoms with van der Waals surface area (Å²) in [5, 5.41) is 0.384. The molecule has 0 bridgehead atoms. The molecule has 0 saturated heterocycles. The zero-order valence-corrected chi connectivity index (χ0v) is 7.17. The van der Waals surface area contributed by atoms with Crippen LogP contribution in [0.2, 0.25) is 5.15 Å². The zero-order valence-electron chi connectivity index (χ0n) is 6.42. The maximum atomic E-state index is 5.72. The number of nitrogens with two attached hydrogens (primary N) is 1. The van der Waals surface area contributed by atoms with E-state index in [-0.39, 0.29) is 0 Å². The highest BCUT2D eigenvalue weighted by Crippen LogP contribution is 2.07. The minimum absolute atomic E-state index is 0.384. The van der Waals surface area contributed by atoms with Gasteiger partial charge >= 0.3 is 0 Å². The van der Waals surface area contributed by atoms with Gasteiger partial charge in [0.05, 0.1) is 5.56 Å². The van der Waals surface area contributed by atoms with Crippen LogP contribution in [0.15, 0.2) is 12.5 Å². The van der Waals surface area contributed by atoms with Crippen LogP contribution < -0.4 is 5.73 Å². The summed E-state index contributed by atoms with van der Waals surface area (Å²) in [5.74, 6) is 5.68. The van der Waals surface area contributed by atoms with Gasteiger partial charge in [-0.2, -0.15) is 0 Å². The van der Waals surface area contributed by atoms with Crippen LogP contribution in [-0.4, -0.2) is 16.5 Å². The fourth-order valence-electron chi connectivity index (χ4n) is 0.628. The summed E-state index contributed by atoms with van der Waals surface area (Å²) < 4.78 is 0. The highest BCUT2D eigenvalue weighted by Gasteiger charge is 1.94. The van der Waals surface area contributed by atoms with Crippen LogP contribution in [0.4, 0.5) is 0 Å². The maximum Gasteiger partial charge on any atom is 0.148 e. The molecule has 0 radical (unpaired) electrons. The van der Waals surface area contributed by atoms with E-state index in [4.69, 9.17) is 17.3 Å². The van der Waals surface area contributed by atoms with E-state index in [1.165, 1.54) is 6.33 Å². The van der Waals surface area contributed by atoms with Gasteiger partial charge in [0.25, 0.3) is 0 Å². The molecule has 0 unspecified atom stereocenters. The van der Waals surface area contributed by atoms with Crippen molar-refractivity contribution in [2.45, 2.75) is 6.42 Å². The van der Waals surface area contributed by atoms with E-state index in [1.54, 1.807) is 6.20 Å². The van der Waals surface area contributed by atoms with Crippen molar-refractivity contribution in [2.24, 2.45) is 5.73 Å². The zero-order chi connectivity index (χ0) is 8.81. The van der Waals surface area contributed by atoms with E-state index in [0.717, 1.165) is 0 Å². The second kappa shape index (κ2) is 4.70. The van der Waals surface area contributed by atoms with Crippen molar-refractivity contribution >= 4 is 11.6 Å². The summed E-state index contributed by atoms with van der Waals surface area (Å²) in [6.07, 6.45) is 3.63. The molecule has 1 rings (SSSR count). The van der Waals surface area contributed by atoms with Gasteiger partial charge in [0.15, 0.2) is 0 Å². The number of rotatable bonds is 1. The Labute approximate surface area is 76.0 Å². The average molecular weight is 182 g/mol. The highest BCUT2D eigenvalue weighted by molar-refractivity contribution is 6.30. The van der Waals surface area contributed by atoms with E-state index in [2.05, 4.69) is 21.8 Å². The van der Waals surface area contributed by atoms with Crippen molar-refractivity contribution < 1.29 is 0 Å². The van der Waals surface area contributed by atoms with Gasteiger partial charge in [-0.15, -0.1) is 0 Å². The predicted octanol–water partition coefficient (Wildman–Crippen LogP) is 0.830. The van der Waals surface area contributed by atoms with E-state index < -0.39 is 0 Å². The molecule has 12 heavy (non-hydrogen) atoms. The molecule has 0 fully saturated rings. The molecule has 2 N–H and O–H groups in total. The van der Waals surface area contributed by atoms with Crippen LogP contribution in [0.1, 0.15) is 12.0 Å². The first kappa shape index (κ1) is 8.98. The molecule has 0 spiro atoms. The Balaban J connectivity index is 2.77. The third-order valence-electron chi connectivity index (χ3n) is 1.16. The summed E-state index contributed by atoms with van der Waals surface area (Å²) in [4.78, 5) is 7.57. The standard InChI is InChI=1S/C8H8ClN3/c9-8-7(3-1-2-4-10)5-11-6-12-8/h5-6H,2,4,10H2. The molecule has 1 aromatic rings. The van der Waals surface area contributed by atoms with E-state index in [9.17, 15) is 0 Å². The molecule has 0 aliphatic heterocycles. The van der Waals surface area contributed by atoms with Gasteiger partial charge in [-0.05, 0) is 0 Å². The van der Waals surface area contributed by atoms with E-state index in [1.807, 2.05) is 0 Å². The highest BCUT2D eigenvalue weighted by atomic mass is 35.5. The Morgan fingerprint density at radius 2 is 2.42 bits per heavy atom. The van der Waals surface area contributed by atoms with Crippen LogP contribution in [-0.2, 0) is 0 Å². The van der Waals surface area contributed by atoms with Crippen molar-refractivity contribution in [3.63, 3.8) is 0 Å². The molecular formula is C8H8ClN3. The molecule has 62 valence electrons. The van der Waals surface area contributed by atoms with Crippen LogP contribution in [0, 0.1) is 11.8 Å². The molecule has 0 aliphatic rings. The van der Waals surface area contributed by atoms with Gasteiger partial charge < -0.3 is 5.73 Å². The molecule has 1 aromatic heterocycles. The summed E-state index contributed by atoms with van der Waals surface area (Å²) in [5.41, 5.74) is 5.91. The second-order valence-electron chi connectivity index (χ2n) is 2.07. The normalized spacial score (nSPS) is 8.83.